The summed E-state index contributed by atoms with van der Waals surface area (Å²) in [6, 6.07) is 5.72. The van der Waals surface area contributed by atoms with E-state index in [-0.39, 0.29) is 22.6 Å². The maximum Gasteiger partial charge on any atom is 0.387 e. The molecule has 0 bridgehead atoms. The largest absolute Gasteiger partial charge is 0.477 e. The minimum Gasteiger partial charge on any atom is -0.477 e. The zero-order chi connectivity index (χ0) is 13.1. The van der Waals surface area contributed by atoms with Crippen LogP contribution in [-0.2, 0) is 0 Å². The van der Waals surface area contributed by atoms with E-state index in [4.69, 9.17) is 9.63 Å². The van der Waals surface area contributed by atoms with Gasteiger partial charge >= 0.3 is 12.6 Å². The molecule has 0 saturated carbocycles. The zero-order valence-electron chi connectivity index (χ0n) is 8.84. The molecule has 0 fully saturated rings. The van der Waals surface area contributed by atoms with Crippen molar-refractivity contribution >= 4 is 5.97 Å². The van der Waals surface area contributed by atoms with Crippen LogP contribution < -0.4 is 4.74 Å². The molecule has 7 heteroatoms. The lowest BCUT2D eigenvalue weighted by Crippen LogP contribution is -2.04. The average Bonchev–Trinajstić information content (AvgIpc) is 2.77. The van der Waals surface area contributed by atoms with Crippen molar-refractivity contribution in [2.75, 3.05) is 0 Å². The summed E-state index contributed by atoms with van der Waals surface area (Å²) < 4.78 is 33.5. The van der Waals surface area contributed by atoms with Crippen molar-refractivity contribution in [1.29, 1.82) is 0 Å². The number of carboxylic acid groups (broad SMARTS) is 1. The summed E-state index contributed by atoms with van der Waals surface area (Å²) in [7, 11) is 0. The molecule has 0 amide bonds. The quantitative estimate of drug-likeness (QED) is 0.909. The summed E-state index contributed by atoms with van der Waals surface area (Å²) in [4.78, 5) is 10.9. The van der Waals surface area contributed by atoms with E-state index in [0.29, 0.717) is 0 Å². The van der Waals surface area contributed by atoms with Crippen LogP contribution in [0.3, 0.4) is 0 Å². The molecule has 94 valence electrons. The van der Waals surface area contributed by atoms with Gasteiger partial charge in [0, 0.05) is 0 Å². The van der Waals surface area contributed by atoms with Gasteiger partial charge in [0.25, 0.3) is 0 Å². The number of para-hydroxylation sites is 1. The lowest BCUT2D eigenvalue weighted by Gasteiger charge is -2.08. The van der Waals surface area contributed by atoms with Gasteiger partial charge in [0.2, 0.25) is 0 Å². The molecule has 1 aromatic heterocycles. The first-order chi connectivity index (χ1) is 8.59. The maximum atomic E-state index is 12.2. The number of aromatic nitrogens is 1. The highest BCUT2D eigenvalue weighted by atomic mass is 19.3. The van der Waals surface area contributed by atoms with Gasteiger partial charge in [-0.25, -0.2) is 4.79 Å². The minimum absolute atomic E-state index is 0.104. The van der Waals surface area contributed by atoms with E-state index in [1.165, 1.54) is 18.2 Å². The van der Waals surface area contributed by atoms with Crippen molar-refractivity contribution in [3.63, 3.8) is 0 Å². The number of rotatable bonds is 4. The Balaban J connectivity index is 2.50. The third-order valence-corrected chi connectivity index (χ3v) is 2.15. The second-order valence-electron chi connectivity index (χ2n) is 3.25. The summed E-state index contributed by atoms with van der Waals surface area (Å²) in [5.74, 6) is -1.57. The molecule has 0 aliphatic heterocycles. The van der Waals surface area contributed by atoms with Gasteiger partial charge in [-0.1, -0.05) is 17.3 Å². The Morgan fingerprint density at radius 3 is 2.78 bits per heavy atom. The minimum atomic E-state index is -3.01. The van der Waals surface area contributed by atoms with Gasteiger partial charge in [0.05, 0.1) is 11.8 Å². The Morgan fingerprint density at radius 2 is 2.11 bits per heavy atom. The first kappa shape index (κ1) is 12.0. The molecule has 0 aliphatic rings. The molecule has 1 N–H and O–H groups in total. The van der Waals surface area contributed by atoms with Crippen LogP contribution in [0, 0.1) is 0 Å². The number of hydrogen-bond acceptors (Lipinski definition) is 4. The highest BCUT2D eigenvalue weighted by Gasteiger charge is 2.21. The molecule has 18 heavy (non-hydrogen) atoms. The van der Waals surface area contributed by atoms with Crippen molar-refractivity contribution in [3.8, 4) is 17.1 Å². The average molecular weight is 255 g/mol. The molecular formula is C11H7F2NO4. The van der Waals surface area contributed by atoms with Crippen LogP contribution in [0.1, 0.15) is 10.4 Å². The van der Waals surface area contributed by atoms with Crippen LogP contribution >= 0.6 is 0 Å². The van der Waals surface area contributed by atoms with Crippen molar-refractivity contribution in [2.45, 2.75) is 6.61 Å². The van der Waals surface area contributed by atoms with Crippen LogP contribution in [0.25, 0.3) is 11.3 Å². The molecule has 0 saturated heterocycles. The molecule has 5 nitrogen and oxygen atoms in total. The van der Waals surface area contributed by atoms with E-state index < -0.39 is 12.6 Å². The number of carbonyl (C=O) groups is 1. The van der Waals surface area contributed by atoms with E-state index in [1.807, 2.05) is 0 Å². The van der Waals surface area contributed by atoms with Crippen LogP contribution in [0.4, 0.5) is 8.78 Å². The predicted molar refractivity (Wildman–Crippen MR) is 55.5 cm³/mol. The van der Waals surface area contributed by atoms with E-state index >= 15 is 0 Å². The molecule has 2 aromatic rings. The Hall–Kier alpha value is -2.44. The van der Waals surface area contributed by atoms with Gasteiger partial charge in [-0.05, 0) is 12.1 Å². The fraction of sp³-hybridized carbons (Fsp3) is 0.0909. The lowest BCUT2D eigenvalue weighted by atomic mass is 10.1. The highest BCUT2D eigenvalue weighted by Crippen LogP contribution is 2.33. The highest BCUT2D eigenvalue weighted by molar-refractivity contribution is 5.94. The molecule has 0 aliphatic carbocycles. The van der Waals surface area contributed by atoms with Crippen molar-refractivity contribution in [3.05, 3.63) is 36.0 Å². The third-order valence-electron chi connectivity index (χ3n) is 2.15. The van der Waals surface area contributed by atoms with Gasteiger partial charge < -0.3 is 14.4 Å². The second-order valence-corrected chi connectivity index (χ2v) is 3.25. The Kier molecular flexibility index (Phi) is 3.22. The summed E-state index contributed by atoms with van der Waals surface area (Å²) in [6.45, 7) is -3.01. The number of ether oxygens (including phenoxy) is 1. The van der Waals surface area contributed by atoms with Crippen LogP contribution in [0.5, 0.6) is 5.75 Å². The van der Waals surface area contributed by atoms with E-state index in [1.54, 1.807) is 6.07 Å². The second kappa shape index (κ2) is 4.82. The Bertz CT molecular complexity index is 568. The first-order valence-electron chi connectivity index (χ1n) is 4.81. The number of aromatic carboxylic acids is 1. The van der Waals surface area contributed by atoms with Crippen LogP contribution in [0.2, 0.25) is 0 Å². The maximum absolute atomic E-state index is 12.2. The lowest BCUT2D eigenvalue weighted by molar-refractivity contribution is -0.0495. The number of benzene rings is 1. The molecule has 0 spiro atoms. The van der Waals surface area contributed by atoms with E-state index in [0.717, 1.165) is 6.20 Å². The summed E-state index contributed by atoms with van der Waals surface area (Å²) >= 11 is 0. The van der Waals surface area contributed by atoms with Gasteiger partial charge in [-0.2, -0.15) is 8.78 Å². The van der Waals surface area contributed by atoms with Gasteiger partial charge in [0.15, 0.2) is 5.76 Å². The van der Waals surface area contributed by atoms with Gasteiger partial charge in [-0.15, -0.1) is 0 Å². The molecule has 2 rings (SSSR count). The fourth-order valence-electron chi connectivity index (χ4n) is 1.44. The topological polar surface area (TPSA) is 72.6 Å². The molecule has 1 heterocycles. The standard InChI is InChI=1S/C11H7F2NO4/c12-11(13)17-8-4-2-1-3-6(8)9-7(10(15)16)5-14-18-9/h1-5,11H,(H,15,16). The van der Waals surface area contributed by atoms with Gasteiger partial charge in [0.1, 0.15) is 11.3 Å². The normalized spacial score (nSPS) is 10.6. The number of halogens is 2. The number of hydrogen-bond donors (Lipinski definition) is 1. The Morgan fingerprint density at radius 1 is 1.39 bits per heavy atom. The predicted octanol–water partition coefficient (Wildman–Crippen LogP) is 2.64. The van der Waals surface area contributed by atoms with Crippen LogP contribution in [-0.4, -0.2) is 22.8 Å². The molecule has 0 unspecified atom stereocenters. The van der Waals surface area contributed by atoms with E-state index in [2.05, 4.69) is 9.89 Å². The SMILES string of the molecule is O=C(O)c1cnoc1-c1ccccc1OC(F)F. The summed E-state index contributed by atoms with van der Waals surface area (Å²) in [6.07, 6.45) is 0.997. The Labute approximate surface area is 99.6 Å². The van der Waals surface area contributed by atoms with Crippen LogP contribution in [0.15, 0.2) is 35.0 Å². The zero-order valence-corrected chi connectivity index (χ0v) is 8.84. The monoisotopic (exact) mass is 255 g/mol. The number of nitrogens with zero attached hydrogens (tertiary/aromatic N) is 1. The van der Waals surface area contributed by atoms with Crippen molar-refractivity contribution in [1.82, 2.24) is 5.16 Å². The number of alkyl halides is 2. The smallest absolute Gasteiger partial charge is 0.387 e. The first-order valence-corrected chi connectivity index (χ1v) is 4.81. The molecule has 0 atom stereocenters. The van der Waals surface area contributed by atoms with Crippen molar-refractivity contribution in [2.24, 2.45) is 0 Å². The molecule has 0 radical (unpaired) electrons. The number of carboxylic acids is 1. The van der Waals surface area contributed by atoms with Crippen molar-refractivity contribution < 1.29 is 27.9 Å². The summed E-state index contributed by atoms with van der Waals surface area (Å²) in [5.41, 5.74) is -0.118. The third kappa shape index (κ3) is 2.29. The molecular weight excluding hydrogens is 248 g/mol. The van der Waals surface area contributed by atoms with E-state index in [9.17, 15) is 13.6 Å². The molecule has 1 aromatic carbocycles. The fourth-order valence-corrected chi connectivity index (χ4v) is 1.44. The van der Waals surface area contributed by atoms with Gasteiger partial charge in [-0.3, -0.25) is 0 Å². The summed E-state index contributed by atoms with van der Waals surface area (Å²) in [5, 5.41) is 12.2.